The van der Waals surface area contributed by atoms with Crippen LogP contribution in [-0.4, -0.2) is 53.4 Å². The van der Waals surface area contributed by atoms with Crippen molar-refractivity contribution in [2.45, 2.75) is 39.2 Å². The molecule has 140 valence electrons. The Hall–Kier alpha value is -2.44. The fourth-order valence-electron chi connectivity index (χ4n) is 3.52. The van der Waals surface area contributed by atoms with Crippen molar-refractivity contribution in [1.82, 2.24) is 9.91 Å². The maximum absolute atomic E-state index is 13.2. The molecule has 0 N–H and O–H groups in total. The number of amides is 2. The molecule has 2 amide bonds. The number of benzene rings is 1. The van der Waals surface area contributed by atoms with Crippen LogP contribution in [0.1, 0.15) is 32.8 Å². The zero-order valence-electron chi connectivity index (χ0n) is 15.6. The summed E-state index contributed by atoms with van der Waals surface area (Å²) in [6, 6.07) is 6.08. The molecule has 3 rings (SSSR count). The summed E-state index contributed by atoms with van der Waals surface area (Å²) >= 11 is 0. The van der Waals surface area contributed by atoms with Gasteiger partial charge >= 0.3 is 6.09 Å². The highest BCUT2D eigenvalue weighted by molar-refractivity contribution is 6.13. The predicted octanol–water partition coefficient (Wildman–Crippen LogP) is 2.82. The molecule has 2 aliphatic heterocycles. The third-order valence-electron chi connectivity index (χ3n) is 4.68. The van der Waals surface area contributed by atoms with Gasteiger partial charge < -0.3 is 9.64 Å². The molecule has 2 heterocycles. The van der Waals surface area contributed by atoms with Crippen molar-refractivity contribution in [3.05, 3.63) is 35.6 Å². The predicted molar refractivity (Wildman–Crippen MR) is 95.2 cm³/mol. The Bertz CT molecular complexity index is 754. The molecule has 7 heteroatoms. The summed E-state index contributed by atoms with van der Waals surface area (Å²) in [7, 11) is 1.62. The van der Waals surface area contributed by atoms with Crippen molar-refractivity contribution in [2.24, 2.45) is 10.5 Å². The van der Waals surface area contributed by atoms with E-state index < -0.39 is 17.1 Å². The summed E-state index contributed by atoms with van der Waals surface area (Å²) in [5.74, 6) is -0.473. The van der Waals surface area contributed by atoms with E-state index in [-0.39, 0.29) is 18.3 Å². The van der Waals surface area contributed by atoms with Crippen molar-refractivity contribution in [3.8, 4) is 0 Å². The SMILES string of the molecule is CN1N=C2CCN(C(=O)OC(C)(C)C)CC2(Cc2ccc(F)cc2)C1=O. The zero-order valence-corrected chi connectivity index (χ0v) is 15.6. The highest BCUT2D eigenvalue weighted by atomic mass is 19.1. The maximum atomic E-state index is 13.2. The van der Waals surface area contributed by atoms with Gasteiger partial charge in [0.05, 0.1) is 5.71 Å². The fourth-order valence-corrected chi connectivity index (χ4v) is 3.52. The first-order valence-electron chi connectivity index (χ1n) is 8.69. The lowest BCUT2D eigenvalue weighted by Gasteiger charge is -2.39. The maximum Gasteiger partial charge on any atom is 0.410 e. The molecular formula is C19H24FN3O3. The molecule has 1 unspecified atom stereocenters. The summed E-state index contributed by atoms with van der Waals surface area (Å²) in [4.78, 5) is 27.0. The lowest BCUT2D eigenvalue weighted by molar-refractivity contribution is -0.135. The molecule has 0 aromatic heterocycles. The number of piperidine rings is 1. The van der Waals surface area contributed by atoms with Gasteiger partial charge in [0.25, 0.3) is 5.91 Å². The van der Waals surface area contributed by atoms with Crippen LogP contribution < -0.4 is 0 Å². The molecule has 1 saturated heterocycles. The van der Waals surface area contributed by atoms with Crippen LogP contribution in [0, 0.1) is 11.2 Å². The summed E-state index contributed by atoms with van der Waals surface area (Å²) in [5, 5.41) is 5.74. The number of ether oxygens (including phenoxy) is 1. The van der Waals surface area contributed by atoms with E-state index in [1.165, 1.54) is 17.1 Å². The number of hydrogen-bond acceptors (Lipinski definition) is 4. The number of hydrogen-bond donors (Lipinski definition) is 0. The normalized spacial score (nSPS) is 23.0. The van der Waals surface area contributed by atoms with E-state index in [1.807, 2.05) is 20.8 Å². The van der Waals surface area contributed by atoms with Crippen LogP contribution in [0.25, 0.3) is 0 Å². The van der Waals surface area contributed by atoms with E-state index in [2.05, 4.69) is 5.10 Å². The van der Waals surface area contributed by atoms with E-state index in [0.29, 0.717) is 19.4 Å². The third-order valence-corrected chi connectivity index (χ3v) is 4.68. The lowest BCUT2D eigenvalue weighted by atomic mass is 9.73. The highest BCUT2D eigenvalue weighted by Crippen LogP contribution is 2.38. The number of likely N-dealkylation sites (tertiary alicyclic amines) is 1. The minimum Gasteiger partial charge on any atom is -0.444 e. The molecule has 0 aliphatic carbocycles. The zero-order chi connectivity index (χ0) is 19.1. The van der Waals surface area contributed by atoms with Gasteiger partial charge in [-0.25, -0.2) is 14.2 Å². The molecule has 1 atom stereocenters. The first kappa shape index (κ1) is 18.4. The number of nitrogens with zero attached hydrogens (tertiary/aromatic N) is 3. The number of carbonyl (C=O) groups excluding carboxylic acids is 2. The van der Waals surface area contributed by atoms with E-state index in [4.69, 9.17) is 4.74 Å². The Morgan fingerprint density at radius 1 is 1.31 bits per heavy atom. The van der Waals surface area contributed by atoms with Gasteiger partial charge in [0.1, 0.15) is 16.8 Å². The Morgan fingerprint density at radius 2 is 1.96 bits per heavy atom. The average molecular weight is 361 g/mol. The fraction of sp³-hybridized carbons (Fsp3) is 0.526. The molecule has 6 nitrogen and oxygen atoms in total. The van der Waals surface area contributed by atoms with E-state index in [9.17, 15) is 14.0 Å². The van der Waals surface area contributed by atoms with Gasteiger partial charge in [-0.3, -0.25) is 4.79 Å². The Kier molecular flexibility index (Phi) is 4.50. The first-order valence-corrected chi connectivity index (χ1v) is 8.69. The Labute approximate surface area is 152 Å². The Balaban J connectivity index is 1.89. The first-order chi connectivity index (χ1) is 12.1. The van der Waals surface area contributed by atoms with Gasteiger partial charge in [-0.05, 0) is 44.9 Å². The minimum atomic E-state index is -0.915. The Morgan fingerprint density at radius 3 is 2.58 bits per heavy atom. The standard InChI is InChI=1S/C19H24FN3O3/c1-18(2,3)26-17(25)23-10-9-15-19(12-23,16(24)22(4)21-15)11-13-5-7-14(20)8-6-13/h5-8H,9-12H2,1-4H3. The summed E-state index contributed by atoms with van der Waals surface area (Å²) < 4.78 is 18.7. The van der Waals surface area contributed by atoms with Crippen molar-refractivity contribution in [3.63, 3.8) is 0 Å². The van der Waals surface area contributed by atoms with Crippen LogP contribution in [0.3, 0.4) is 0 Å². The molecular weight excluding hydrogens is 337 g/mol. The van der Waals surface area contributed by atoms with E-state index in [1.54, 1.807) is 24.1 Å². The monoisotopic (exact) mass is 361 g/mol. The molecule has 1 aromatic rings. The molecule has 0 spiro atoms. The van der Waals surface area contributed by atoms with Crippen LogP contribution in [0.2, 0.25) is 0 Å². The largest absolute Gasteiger partial charge is 0.444 e. The smallest absolute Gasteiger partial charge is 0.410 e. The van der Waals surface area contributed by atoms with Gasteiger partial charge in [-0.2, -0.15) is 5.10 Å². The molecule has 0 bridgehead atoms. The summed E-state index contributed by atoms with van der Waals surface area (Å²) in [6.07, 6.45) is 0.447. The van der Waals surface area contributed by atoms with Gasteiger partial charge in [0, 0.05) is 26.6 Å². The van der Waals surface area contributed by atoms with Gasteiger partial charge in [-0.15, -0.1) is 0 Å². The van der Waals surface area contributed by atoms with Crippen molar-refractivity contribution in [1.29, 1.82) is 0 Å². The van der Waals surface area contributed by atoms with Crippen molar-refractivity contribution < 1.29 is 18.7 Å². The van der Waals surface area contributed by atoms with E-state index >= 15 is 0 Å². The van der Waals surface area contributed by atoms with Crippen LogP contribution in [0.15, 0.2) is 29.4 Å². The van der Waals surface area contributed by atoms with Crippen LogP contribution >= 0.6 is 0 Å². The number of carbonyl (C=O) groups is 2. The number of halogens is 1. The molecule has 26 heavy (non-hydrogen) atoms. The van der Waals surface area contributed by atoms with Gasteiger partial charge in [-0.1, -0.05) is 12.1 Å². The summed E-state index contributed by atoms with van der Waals surface area (Å²) in [6.45, 7) is 6.10. The second-order valence-electron chi connectivity index (χ2n) is 7.91. The molecule has 1 aromatic carbocycles. The van der Waals surface area contributed by atoms with Crippen LogP contribution in [0.4, 0.5) is 9.18 Å². The molecule has 0 radical (unpaired) electrons. The van der Waals surface area contributed by atoms with Crippen LogP contribution in [-0.2, 0) is 16.0 Å². The topological polar surface area (TPSA) is 62.2 Å². The van der Waals surface area contributed by atoms with E-state index in [0.717, 1.165) is 11.3 Å². The second kappa shape index (κ2) is 6.37. The van der Waals surface area contributed by atoms with Gasteiger partial charge in [0.2, 0.25) is 0 Å². The lowest BCUT2D eigenvalue weighted by Crippen LogP contribution is -2.56. The average Bonchev–Trinajstić information content (AvgIpc) is 2.79. The number of fused-ring (bicyclic) bond motifs is 1. The quantitative estimate of drug-likeness (QED) is 0.814. The number of rotatable bonds is 2. The minimum absolute atomic E-state index is 0.148. The van der Waals surface area contributed by atoms with Crippen molar-refractivity contribution >= 4 is 17.7 Å². The third kappa shape index (κ3) is 3.43. The van der Waals surface area contributed by atoms with Gasteiger partial charge in [0.15, 0.2) is 0 Å². The van der Waals surface area contributed by atoms with Crippen LogP contribution in [0.5, 0.6) is 0 Å². The molecule has 1 fully saturated rings. The second-order valence-corrected chi connectivity index (χ2v) is 7.91. The number of hydrazone groups is 1. The summed E-state index contributed by atoms with van der Waals surface area (Å²) in [5.41, 5.74) is 0.0799. The molecule has 2 aliphatic rings. The van der Waals surface area contributed by atoms with Crippen molar-refractivity contribution in [2.75, 3.05) is 20.1 Å². The molecule has 0 saturated carbocycles. The highest BCUT2D eigenvalue weighted by Gasteiger charge is 2.53.